The van der Waals surface area contributed by atoms with Gasteiger partial charge in [0.15, 0.2) is 0 Å². The minimum Gasteiger partial charge on any atom is -0.0839 e. The molecule has 1 unspecified atom stereocenters. The lowest BCUT2D eigenvalue weighted by molar-refractivity contribution is 0.632. The maximum atomic E-state index is 2.36. The molecule has 0 heterocycles. The van der Waals surface area contributed by atoms with Crippen molar-refractivity contribution in [3.05, 3.63) is 29.7 Å². The predicted molar refractivity (Wildman–Crippen MR) is 61.9 cm³/mol. The van der Waals surface area contributed by atoms with Crippen molar-refractivity contribution in [3.8, 4) is 0 Å². The third-order valence-corrected chi connectivity index (χ3v) is 3.56. The standard InChI is InChI=1S/C14H21/c1-2-3-4-7-12-10-11-13-8-5-6-9-14(12)13/h5-6,9,13H,2-4,7-8,10-11H2,1H3. The normalized spacial score (nSPS) is 26.4. The summed E-state index contributed by atoms with van der Waals surface area (Å²) in [5.74, 6) is 2.66. The molecule has 0 heteroatoms. The molecule has 0 aromatic carbocycles. The number of hydrogen-bond donors (Lipinski definition) is 0. The van der Waals surface area contributed by atoms with Gasteiger partial charge in [0.1, 0.15) is 0 Å². The summed E-state index contributed by atoms with van der Waals surface area (Å²) in [7, 11) is 0. The maximum Gasteiger partial charge on any atom is 0.00119 e. The summed E-state index contributed by atoms with van der Waals surface area (Å²) >= 11 is 0. The molecule has 14 heavy (non-hydrogen) atoms. The zero-order valence-electron chi connectivity index (χ0n) is 9.26. The summed E-state index contributed by atoms with van der Waals surface area (Å²) in [4.78, 5) is 0. The molecule has 2 aliphatic rings. The summed E-state index contributed by atoms with van der Waals surface area (Å²) < 4.78 is 0. The van der Waals surface area contributed by atoms with Crippen molar-refractivity contribution in [1.82, 2.24) is 0 Å². The topological polar surface area (TPSA) is 0 Å². The first-order chi connectivity index (χ1) is 6.92. The van der Waals surface area contributed by atoms with Crippen molar-refractivity contribution < 1.29 is 0 Å². The zero-order chi connectivity index (χ0) is 9.80. The van der Waals surface area contributed by atoms with Crippen molar-refractivity contribution in [3.63, 3.8) is 0 Å². The van der Waals surface area contributed by atoms with Crippen LogP contribution in [0, 0.1) is 11.8 Å². The molecular weight excluding hydrogens is 168 g/mol. The van der Waals surface area contributed by atoms with Crippen molar-refractivity contribution >= 4 is 0 Å². The Morgan fingerprint density at radius 2 is 2.29 bits per heavy atom. The van der Waals surface area contributed by atoms with Crippen LogP contribution in [0.2, 0.25) is 0 Å². The highest BCUT2D eigenvalue weighted by Gasteiger charge is 2.29. The van der Waals surface area contributed by atoms with Crippen LogP contribution in [-0.4, -0.2) is 0 Å². The Balaban J connectivity index is 1.87. The van der Waals surface area contributed by atoms with Crippen LogP contribution in [0.5, 0.6) is 0 Å². The van der Waals surface area contributed by atoms with Crippen LogP contribution in [0.3, 0.4) is 0 Å². The smallest absolute Gasteiger partial charge is 0.00119 e. The van der Waals surface area contributed by atoms with Crippen LogP contribution >= 0.6 is 0 Å². The van der Waals surface area contributed by atoms with Crippen molar-refractivity contribution in [1.29, 1.82) is 0 Å². The van der Waals surface area contributed by atoms with E-state index in [9.17, 15) is 0 Å². The maximum absolute atomic E-state index is 2.36. The molecule has 0 aromatic rings. The molecule has 0 spiro atoms. The molecule has 1 radical (unpaired) electrons. The Labute approximate surface area is 88.1 Å². The van der Waals surface area contributed by atoms with Gasteiger partial charge in [-0.3, -0.25) is 0 Å². The molecule has 0 saturated heterocycles. The van der Waals surface area contributed by atoms with Gasteiger partial charge in [-0.15, -0.1) is 0 Å². The van der Waals surface area contributed by atoms with E-state index in [2.05, 4.69) is 25.2 Å². The van der Waals surface area contributed by atoms with Gasteiger partial charge >= 0.3 is 0 Å². The van der Waals surface area contributed by atoms with E-state index < -0.39 is 0 Å². The molecule has 0 aliphatic heterocycles. The predicted octanol–water partition coefficient (Wildman–Crippen LogP) is 4.44. The van der Waals surface area contributed by atoms with Crippen LogP contribution in [0.25, 0.3) is 0 Å². The Kier molecular flexibility index (Phi) is 3.44. The van der Waals surface area contributed by atoms with Crippen LogP contribution in [-0.2, 0) is 0 Å². The highest BCUT2D eigenvalue weighted by atomic mass is 14.3. The van der Waals surface area contributed by atoms with E-state index >= 15 is 0 Å². The van der Waals surface area contributed by atoms with Crippen molar-refractivity contribution in [2.75, 3.05) is 0 Å². The first-order valence-electron chi connectivity index (χ1n) is 6.13. The number of rotatable bonds is 4. The summed E-state index contributed by atoms with van der Waals surface area (Å²) in [5.41, 5.74) is 1.70. The first kappa shape index (κ1) is 10.0. The third kappa shape index (κ3) is 2.10. The van der Waals surface area contributed by atoms with E-state index in [1.54, 1.807) is 11.5 Å². The van der Waals surface area contributed by atoms with E-state index in [-0.39, 0.29) is 0 Å². The van der Waals surface area contributed by atoms with Gasteiger partial charge in [0.05, 0.1) is 0 Å². The molecule has 77 valence electrons. The van der Waals surface area contributed by atoms with Gasteiger partial charge in [-0.2, -0.15) is 0 Å². The van der Waals surface area contributed by atoms with Crippen LogP contribution < -0.4 is 0 Å². The number of hydrogen-bond acceptors (Lipinski definition) is 0. The average molecular weight is 189 g/mol. The fourth-order valence-corrected chi connectivity index (χ4v) is 2.71. The van der Waals surface area contributed by atoms with Crippen molar-refractivity contribution in [2.24, 2.45) is 5.92 Å². The van der Waals surface area contributed by atoms with Gasteiger partial charge < -0.3 is 0 Å². The van der Waals surface area contributed by atoms with E-state index in [1.807, 2.05) is 0 Å². The summed E-state index contributed by atoms with van der Waals surface area (Å²) in [5, 5.41) is 0. The highest BCUT2D eigenvalue weighted by molar-refractivity contribution is 5.37. The van der Waals surface area contributed by atoms with Crippen LogP contribution in [0.15, 0.2) is 23.8 Å². The molecule has 0 nitrogen and oxygen atoms in total. The molecular formula is C14H21. The van der Waals surface area contributed by atoms with Gasteiger partial charge in [0.25, 0.3) is 0 Å². The number of unbranched alkanes of at least 4 members (excludes halogenated alkanes) is 2. The van der Waals surface area contributed by atoms with Gasteiger partial charge in [-0.25, -0.2) is 0 Å². The molecule has 0 N–H and O–H groups in total. The van der Waals surface area contributed by atoms with E-state index in [1.165, 1.54) is 44.9 Å². The zero-order valence-corrected chi connectivity index (χ0v) is 9.26. The van der Waals surface area contributed by atoms with Gasteiger partial charge in [-0.05, 0) is 31.6 Å². The summed E-state index contributed by atoms with van der Waals surface area (Å²) in [6, 6.07) is 0. The second-order valence-electron chi connectivity index (χ2n) is 4.58. The second kappa shape index (κ2) is 4.82. The Bertz CT molecular complexity index is 234. The van der Waals surface area contributed by atoms with E-state index in [0.717, 1.165) is 5.92 Å². The molecule has 0 aromatic heterocycles. The van der Waals surface area contributed by atoms with Crippen molar-refractivity contribution in [2.45, 2.75) is 51.9 Å². The molecule has 1 atom stereocenters. The molecule has 0 amide bonds. The van der Waals surface area contributed by atoms with Gasteiger partial charge in [0, 0.05) is 5.92 Å². The minimum absolute atomic E-state index is 0.886. The number of allylic oxidation sites excluding steroid dienone is 4. The van der Waals surface area contributed by atoms with Crippen LogP contribution in [0.1, 0.15) is 51.9 Å². The molecule has 2 aliphatic carbocycles. The van der Waals surface area contributed by atoms with Gasteiger partial charge in [-0.1, -0.05) is 50.0 Å². The fourth-order valence-electron chi connectivity index (χ4n) is 2.71. The largest absolute Gasteiger partial charge is 0.0839 e. The van der Waals surface area contributed by atoms with Crippen LogP contribution in [0.4, 0.5) is 0 Å². The Morgan fingerprint density at radius 3 is 3.14 bits per heavy atom. The minimum atomic E-state index is 0.886. The lowest BCUT2D eigenvalue weighted by Crippen LogP contribution is -2.02. The molecule has 1 saturated carbocycles. The lowest BCUT2D eigenvalue weighted by Gasteiger charge is -2.17. The lowest BCUT2D eigenvalue weighted by atomic mass is 9.88. The SMILES string of the molecule is CCCCC[C]1CCC2CC=CC=C12. The Morgan fingerprint density at radius 1 is 1.36 bits per heavy atom. The highest BCUT2D eigenvalue weighted by Crippen LogP contribution is 2.44. The average Bonchev–Trinajstić information content (AvgIpc) is 2.63. The van der Waals surface area contributed by atoms with E-state index in [0.29, 0.717) is 0 Å². The number of fused-ring (bicyclic) bond motifs is 1. The monoisotopic (exact) mass is 189 g/mol. The summed E-state index contributed by atoms with van der Waals surface area (Å²) in [6.07, 6.45) is 16.5. The fraction of sp³-hybridized carbons (Fsp3) is 0.643. The van der Waals surface area contributed by atoms with E-state index in [4.69, 9.17) is 0 Å². The molecule has 2 rings (SSSR count). The second-order valence-corrected chi connectivity index (χ2v) is 4.58. The Hall–Kier alpha value is -0.520. The molecule has 0 bridgehead atoms. The third-order valence-electron chi connectivity index (χ3n) is 3.56. The quantitative estimate of drug-likeness (QED) is 0.574. The molecule has 1 fully saturated rings. The summed E-state index contributed by atoms with van der Waals surface area (Å²) in [6.45, 7) is 2.28. The first-order valence-corrected chi connectivity index (χ1v) is 6.13. The van der Waals surface area contributed by atoms with Gasteiger partial charge in [0.2, 0.25) is 0 Å².